The summed E-state index contributed by atoms with van der Waals surface area (Å²) in [6, 6.07) is 0. The fourth-order valence-electron chi connectivity index (χ4n) is 3.01. The van der Waals surface area contributed by atoms with Crippen molar-refractivity contribution in [2.75, 3.05) is 20.2 Å². The molecule has 2 heteroatoms. The largest absolute Gasteiger partial charge is 0.374 e. The molecule has 1 aliphatic carbocycles. The monoisotopic (exact) mass is 227 g/mol. The molecule has 0 amide bonds. The van der Waals surface area contributed by atoms with Gasteiger partial charge >= 0.3 is 0 Å². The Hall–Kier alpha value is -0.0800. The van der Waals surface area contributed by atoms with Crippen molar-refractivity contribution in [3.63, 3.8) is 0 Å². The predicted molar refractivity (Wildman–Crippen MR) is 69.7 cm³/mol. The van der Waals surface area contributed by atoms with Crippen LogP contribution in [0.5, 0.6) is 0 Å². The van der Waals surface area contributed by atoms with Gasteiger partial charge < -0.3 is 10.1 Å². The second-order valence-corrected chi connectivity index (χ2v) is 6.29. The van der Waals surface area contributed by atoms with Gasteiger partial charge in [-0.3, -0.25) is 0 Å². The first-order chi connectivity index (χ1) is 7.43. The lowest BCUT2D eigenvalue weighted by molar-refractivity contribution is -0.0787. The molecule has 0 atom stereocenters. The number of hydrogen-bond acceptors (Lipinski definition) is 2. The Morgan fingerprint density at radius 3 is 2.19 bits per heavy atom. The van der Waals surface area contributed by atoms with E-state index in [-0.39, 0.29) is 5.60 Å². The van der Waals surface area contributed by atoms with Crippen molar-refractivity contribution in [3.8, 4) is 0 Å². The highest BCUT2D eigenvalue weighted by Crippen LogP contribution is 2.42. The first-order valence-corrected chi connectivity index (χ1v) is 6.72. The average Bonchev–Trinajstić information content (AvgIpc) is 2.17. The number of likely N-dealkylation sites (N-methyl/N-ethyl adjacent to an activating group) is 1. The lowest BCUT2D eigenvalue weighted by Gasteiger charge is -2.43. The summed E-state index contributed by atoms with van der Waals surface area (Å²) in [5.74, 6) is 0.859. The average molecular weight is 227 g/mol. The van der Waals surface area contributed by atoms with Crippen LogP contribution >= 0.6 is 0 Å². The summed E-state index contributed by atoms with van der Waals surface area (Å²) in [5.41, 5.74) is 0.573. The van der Waals surface area contributed by atoms with Gasteiger partial charge in [0, 0.05) is 13.2 Å². The summed E-state index contributed by atoms with van der Waals surface area (Å²) in [6.45, 7) is 11.0. The molecule has 0 unspecified atom stereocenters. The molecule has 0 heterocycles. The normalized spacial score (nSPS) is 31.7. The zero-order valence-corrected chi connectivity index (χ0v) is 11.7. The first-order valence-electron chi connectivity index (χ1n) is 6.72. The van der Waals surface area contributed by atoms with E-state index in [1.165, 1.54) is 25.7 Å². The summed E-state index contributed by atoms with van der Waals surface area (Å²) in [4.78, 5) is 0. The molecular weight excluding hydrogens is 198 g/mol. The van der Waals surface area contributed by atoms with E-state index in [9.17, 15) is 0 Å². The maximum absolute atomic E-state index is 6.01. The summed E-state index contributed by atoms with van der Waals surface area (Å²) >= 11 is 0. The van der Waals surface area contributed by atoms with Crippen LogP contribution in [0.25, 0.3) is 0 Å². The topological polar surface area (TPSA) is 21.3 Å². The van der Waals surface area contributed by atoms with Crippen LogP contribution in [0, 0.1) is 11.3 Å². The Labute approximate surface area is 101 Å². The molecule has 1 N–H and O–H groups in total. The van der Waals surface area contributed by atoms with Gasteiger partial charge in [-0.1, -0.05) is 20.8 Å². The number of rotatable bonds is 4. The van der Waals surface area contributed by atoms with E-state index in [2.05, 4.69) is 33.0 Å². The quantitative estimate of drug-likeness (QED) is 0.796. The standard InChI is InChI=1S/C14H29NO/c1-6-16-14(11-15-5)9-7-12(8-10-14)13(2,3)4/h12,15H,6-11H2,1-5H3. The van der Waals surface area contributed by atoms with Crippen molar-refractivity contribution in [3.05, 3.63) is 0 Å². The zero-order valence-electron chi connectivity index (χ0n) is 11.7. The van der Waals surface area contributed by atoms with E-state index >= 15 is 0 Å². The van der Waals surface area contributed by atoms with Crippen LogP contribution in [0.2, 0.25) is 0 Å². The van der Waals surface area contributed by atoms with Crippen LogP contribution in [0.15, 0.2) is 0 Å². The minimum atomic E-state index is 0.116. The summed E-state index contributed by atoms with van der Waals surface area (Å²) in [7, 11) is 2.02. The molecule has 0 bridgehead atoms. The minimum absolute atomic E-state index is 0.116. The molecule has 0 radical (unpaired) electrons. The van der Waals surface area contributed by atoms with Crippen molar-refractivity contribution in [2.24, 2.45) is 11.3 Å². The molecular formula is C14H29NO. The van der Waals surface area contributed by atoms with Gasteiger partial charge in [0.25, 0.3) is 0 Å². The van der Waals surface area contributed by atoms with Gasteiger partial charge in [0.2, 0.25) is 0 Å². The van der Waals surface area contributed by atoms with Crippen LogP contribution in [0.4, 0.5) is 0 Å². The lowest BCUT2D eigenvalue weighted by atomic mass is 9.68. The minimum Gasteiger partial charge on any atom is -0.374 e. The highest BCUT2D eigenvalue weighted by atomic mass is 16.5. The van der Waals surface area contributed by atoms with Crippen molar-refractivity contribution in [2.45, 2.75) is 59.0 Å². The molecule has 1 saturated carbocycles. The molecule has 0 aliphatic heterocycles. The zero-order chi connectivity index (χ0) is 12.2. The second kappa shape index (κ2) is 5.50. The number of hydrogen-bond donors (Lipinski definition) is 1. The Morgan fingerprint density at radius 2 is 1.81 bits per heavy atom. The molecule has 0 spiro atoms. The second-order valence-electron chi connectivity index (χ2n) is 6.29. The van der Waals surface area contributed by atoms with E-state index < -0.39 is 0 Å². The molecule has 16 heavy (non-hydrogen) atoms. The van der Waals surface area contributed by atoms with Crippen LogP contribution in [0.3, 0.4) is 0 Å². The summed E-state index contributed by atoms with van der Waals surface area (Å²) < 4.78 is 6.01. The van der Waals surface area contributed by atoms with Gasteiger partial charge in [-0.25, -0.2) is 0 Å². The van der Waals surface area contributed by atoms with Crippen LogP contribution in [0.1, 0.15) is 53.4 Å². The fraction of sp³-hybridized carbons (Fsp3) is 1.00. The van der Waals surface area contributed by atoms with Gasteiger partial charge in [0.1, 0.15) is 0 Å². The van der Waals surface area contributed by atoms with Gasteiger partial charge in [0.15, 0.2) is 0 Å². The highest BCUT2D eigenvalue weighted by Gasteiger charge is 2.38. The smallest absolute Gasteiger partial charge is 0.0806 e. The van der Waals surface area contributed by atoms with E-state index in [4.69, 9.17) is 4.74 Å². The molecule has 0 aromatic rings. The van der Waals surface area contributed by atoms with Crippen LogP contribution in [-0.2, 0) is 4.74 Å². The third kappa shape index (κ3) is 3.46. The van der Waals surface area contributed by atoms with Crippen LogP contribution < -0.4 is 5.32 Å². The number of nitrogens with one attached hydrogen (secondary N) is 1. The Bertz CT molecular complexity index is 191. The van der Waals surface area contributed by atoms with Gasteiger partial charge in [-0.2, -0.15) is 0 Å². The maximum atomic E-state index is 6.01. The molecule has 1 rings (SSSR count). The third-order valence-electron chi connectivity index (χ3n) is 4.07. The van der Waals surface area contributed by atoms with E-state index in [0.29, 0.717) is 5.41 Å². The summed E-state index contributed by atoms with van der Waals surface area (Å²) in [6.07, 6.45) is 5.05. The molecule has 96 valence electrons. The van der Waals surface area contributed by atoms with Crippen LogP contribution in [-0.4, -0.2) is 25.8 Å². The van der Waals surface area contributed by atoms with E-state index in [1.54, 1.807) is 0 Å². The Balaban J connectivity index is 2.55. The fourth-order valence-corrected chi connectivity index (χ4v) is 3.01. The molecule has 1 fully saturated rings. The predicted octanol–water partition coefficient (Wildman–Crippen LogP) is 3.22. The van der Waals surface area contributed by atoms with Crippen molar-refractivity contribution < 1.29 is 4.74 Å². The van der Waals surface area contributed by atoms with Gasteiger partial charge in [-0.05, 0) is 51.0 Å². The van der Waals surface area contributed by atoms with Gasteiger partial charge in [0.05, 0.1) is 5.60 Å². The number of ether oxygens (including phenoxy) is 1. The SMILES string of the molecule is CCOC1(CNC)CCC(C(C)(C)C)CC1. The Morgan fingerprint density at radius 1 is 1.25 bits per heavy atom. The Kier molecular flexibility index (Phi) is 4.81. The first kappa shape index (κ1) is 14.0. The molecule has 0 aromatic heterocycles. The highest BCUT2D eigenvalue weighted by molar-refractivity contribution is 4.91. The van der Waals surface area contributed by atoms with E-state index in [1.807, 2.05) is 7.05 Å². The van der Waals surface area contributed by atoms with Crippen molar-refractivity contribution >= 4 is 0 Å². The molecule has 0 saturated heterocycles. The van der Waals surface area contributed by atoms with Crippen molar-refractivity contribution in [1.82, 2.24) is 5.32 Å². The van der Waals surface area contributed by atoms with Gasteiger partial charge in [-0.15, -0.1) is 0 Å². The molecule has 0 aromatic carbocycles. The van der Waals surface area contributed by atoms with E-state index in [0.717, 1.165) is 19.1 Å². The summed E-state index contributed by atoms with van der Waals surface area (Å²) in [5, 5.41) is 3.29. The lowest BCUT2D eigenvalue weighted by Crippen LogP contribution is -2.46. The molecule has 2 nitrogen and oxygen atoms in total. The molecule has 1 aliphatic rings. The third-order valence-corrected chi connectivity index (χ3v) is 4.07. The van der Waals surface area contributed by atoms with Crippen molar-refractivity contribution in [1.29, 1.82) is 0 Å². The maximum Gasteiger partial charge on any atom is 0.0806 e.